The lowest BCUT2D eigenvalue weighted by molar-refractivity contribution is 0.148. The van der Waals surface area contributed by atoms with Gasteiger partial charge in [0.1, 0.15) is 12.1 Å². The van der Waals surface area contributed by atoms with Gasteiger partial charge in [-0.05, 0) is 49.4 Å². The first-order valence-electron chi connectivity index (χ1n) is 11.2. The molecule has 0 aliphatic carbocycles. The van der Waals surface area contributed by atoms with Crippen molar-refractivity contribution in [2.45, 2.75) is 26.6 Å². The van der Waals surface area contributed by atoms with Crippen LogP contribution in [0, 0.1) is 4.77 Å². The first-order chi connectivity index (χ1) is 15.6. The van der Waals surface area contributed by atoms with Crippen LogP contribution in [-0.4, -0.2) is 62.5 Å². The zero-order valence-electron chi connectivity index (χ0n) is 18.6. The van der Waals surface area contributed by atoms with Crippen LogP contribution < -0.4 is 5.32 Å². The Morgan fingerprint density at radius 2 is 1.84 bits per heavy atom. The van der Waals surface area contributed by atoms with E-state index in [1.807, 2.05) is 0 Å². The molecule has 0 unspecified atom stereocenters. The Labute approximate surface area is 193 Å². The number of likely N-dealkylation sites (N-methyl/N-ethyl adjacent to an activating group) is 1. The Balaban J connectivity index is 1.40. The van der Waals surface area contributed by atoms with Gasteiger partial charge >= 0.3 is 0 Å². The van der Waals surface area contributed by atoms with E-state index in [0.29, 0.717) is 0 Å². The van der Waals surface area contributed by atoms with Crippen molar-refractivity contribution in [1.82, 2.24) is 29.3 Å². The van der Waals surface area contributed by atoms with Crippen LogP contribution in [0.2, 0.25) is 0 Å². The molecular formula is C24H29N7S. The van der Waals surface area contributed by atoms with Gasteiger partial charge in [0, 0.05) is 51.2 Å². The molecule has 3 heterocycles. The number of aromatic amines is 1. The molecule has 1 fully saturated rings. The molecule has 0 radical (unpaired) electrons. The van der Waals surface area contributed by atoms with Gasteiger partial charge in [-0.15, -0.1) is 0 Å². The number of imidazole rings is 1. The standard InChI is InChI=1S/C24H29N7S/c1-3-31-22-13-20-19(12-21(22)28-24(31)32)23(27-16-26-20)25-14-17-6-4-5-7-18(17)15-30-10-8-29(2)9-11-30/h4-7,12-13,16H,3,8-11,14-15H2,1-2H3,(H,28,32)(H,25,26,27). The minimum Gasteiger partial charge on any atom is -0.365 e. The average Bonchev–Trinajstić information content (AvgIpc) is 3.12. The quantitative estimate of drug-likeness (QED) is 0.435. The number of H-pyrrole nitrogens is 1. The van der Waals surface area contributed by atoms with Gasteiger partial charge in [-0.3, -0.25) is 4.90 Å². The van der Waals surface area contributed by atoms with Gasteiger partial charge in [0.25, 0.3) is 0 Å². The lowest BCUT2D eigenvalue weighted by Gasteiger charge is -2.32. The van der Waals surface area contributed by atoms with Gasteiger partial charge in [0.2, 0.25) is 0 Å². The molecular weight excluding hydrogens is 418 g/mol. The Kier molecular flexibility index (Phi) is 5.91. The highest BCUT2D eigenvalue weighted by molar-refractivity contribution is 7.71. The van der Waals surface area contributed by atoms with Gasteiger partial charge < -0.3 is 19.8 Å². The van der Waals surface area contributed by atoms with E-state index in [-0.39, 0.29) is 0 Å². The zero-order chi connectivity index (χ0) is 22.1. The second kappa shape index (κ2) is 8.97. The third kappa shape index (κ3) is 4.13. The summed E-state index contributed by atoms with van der Waals surface area (Å²) in [6.07, 6.45) is 1.63. The van der Waals surface area contributed by atoms with E-state index in [0.717, 1.165) is 78.3 Å². The van der Waals surface area contributed by atoms with Gasteiger partial charge in [-0.25, -0.2) is 9.97 Å². The number of fused-ring (bicyclic) bond motifs is 2. The maximum atomic E-state index is 5.48. The van der Waals surface area contributed by atoms with Gasteiger partial charge in [-0.1, -0.05) is 24.3 Å². The Morgan fingerprint density at radius 3 is 2.62 bits per heavy atom. The molecule has 0 amide bonds. The molecule has 0 bridgehead atoms. The predicted molar refractivity (Wildman–Crippen MR) is 132 cm³/mol. The van der Waals surface area contributed by atoms with Crippen LogP contribution in [-0.2, 0) is 19.6 Å². The molecule has 1 aliphatic heterocycles. The van der Waals surface area contributed by atoms with E-state index < -0.39 is 0 Å². The lowest BCUT2D eigenvalue weighted by Crippen LogP contribution is -2.44. The van der Waals surface area contributed by atoms with Crippen molar-refractivity contribution in [2.75, 3.05) is 38.5 Å². The third-order valence-corrected chi connectivity index (χ3v) is 6.72. The number of piperazine rings is 1. The number of hydrogen-bond donors (Lipinski definition) is 2. The fourth-order valence-electron chi connectivity index (χ4n) is 4.47. The Morgan fingerprint density at radius 1 is 1.06 bits per heavy atom. The summed E-state index contributed by atoms with van der Waals surface area (Å²) < 4.78 is 2.83. The number of nitrogens with zero attached hydrogens (tertiary/aromatic N) is 5. The molecule has 2 N–H and O–H groups in total. The first-order valence-corrected chi connectivity index (χ1v) is 11.6. The maximum Gasteiger partial charge on any atom is 0.178 e. The largest absolute Gasteiger partial charge is 0.365 e. The maximum absolute atomic E-state index is 5.48. The summed E-state index contributed by atoms with van der Waals surface area (Å²) >= 11 is 5.48. The first kappa shape index (κ1) is 21.1. The monoisotopic (exact) mass is 447 g/mol. The van der Waals surface area contributed by atoms with Crippen molar-refractivity contribution in [2.24, 2.45) is 0 Å². The van der Waals surface area contributed by atoms with E-state index in [4.69, 9.17) is 12.2 Å². The highest BCUT2D eigenvalue weighted by Crippen LogP contribution is 2.26. The average molecular weight is 448 g/mol. The highest BCUT2D eigenvalue weighted by atomic mass is 32.1. The van der Waals surface area contributed by atoms with Crippen molar-refractivity contribution in [3.8, 4) is 0 Å². The zero-order valence-corrected chi connectivity index (χ0v) is 19.5. The number of rotatable bonds is 6. The summed E-state index contributed by atoms with van der Waals surface area (Å²) in [6.45, 7) is 9.12. The summed E-state index contributed by atoms with van der Waals surface area (Å²) in [5.41, 5.74) is 5.67. The number of aromatic nitrogens is 4. The van der Waals surface area contributed by atoms with Crippen molar-refractivity contribution in [1.29, 1.82) is 0 Å². The van der Waals surface area contributed by atoms with Crippen LogP contribution in [0.15, 0.2) is 42.7 Å². The van der Waals surface area contributed by atoms with Crippen LogP contribution in [0.1, 0.15) is 18.1 Å². The smallest absolute Gasteiger partial charge is 0.178 e. The van der Waals surface area contributed by atoms with E-state index >= 15 is 0 Å². The SMILES string of the molecule is CCn1c(=S)[nH]c2cc3c(NCc4ccccc4CN4CCN(C)CC4)ncnc3cc21. The molecule has 7 nitrogen and oxygen atoms in total. The molecule has 5 rings (SSSR count). The number of benzene rings is 2. The summed E-state index contributed by atoms with van der Waals surface area (Å²) in [6, 6.07) is 12.9. The number of aryl methyl sites for hydroxylation is 1. The minimum atomic E-state index is 0.722. The summed E-state index contributed by atoms with van der Waals surface area (Å²) in [5, 5.41) is 4.56. The molecule has 0 spiro atoms. The van der Waals surface area contributed by atoms with Gasteiger partial charge in [-0.2, -0.15) is 0 Å². The molecule has 0 atom stereocenters. The normalized spacial score (nSPS) is 15.6. The van der Waals surface area contributed by atoms with Gasteiger partial charge in [0.05, 0.1) is 16.6 Å². The fourth-order valence-corrected chi connectivity index (χ4v) is 4.81. The van der Waals surface area contributed by atoms with E-state index in [9.17, 15) is 0 Å². The molecule has 32 heavy (non-hydrogen) atoms. The van der Waals surface area contributed by atoms with Crippen molar-refractivity contribution >= 4 is 40.0 Å². The summed E-state index contributed by atoms with van der Waals surface area (Å²) in [5.74, 6) is 0.842. The predicted octanol–water partition coefficient (Wildman–Crippen LogP) is 4.02. The highest BCUT2D eigenvalue weighted by Gasteiger charge is 2.15. The third-order valence-electron chi connectivity index (χ3n) is 6.40. The van der Waals surface area contributed by atoms with E-state index in [2.05, 4.69) is 85.0 Å². The van der Waals surface area contributed by atoms with Crippen LogP contribution in [0.5, 0.6) is 0 Å². The second-order valence-corrected chi connectivity index (χ2v) is 8.87. The van der Waals surface area contributed by atoms with Crippen molar-refractivity contribution in [3.05, 3.63) is 58.6 Å². The molecule has 1 aliphatic rings. The van der Waals surface area contributed by atoms with Crippen molar-refractivity contribution in [3.63, 3.8) is 0 Å². The van der Waals surface area contributed by atoms with Gasteiger partial charge in [0.15, 0.2) is 4.77 Å². The molecule has 4 aromatic rings. The topological polar surface area (TPSA) is 65.0 Å². The summed E-state index contributed by atoms with van der Waals surface area (Å²) in [7, 11) is 2.19. The number of anilines is 1. The number of hydrogen-bond acceptors (Lipinski definition) is 6. The fraction of sp³-hybridized carbons (Fsp3) is 0.375. The molecule has 8 heteroatoms. The molecule has 166 valence electrons. The molecule has 2 aromatic carbocycles. The second-order valence-electron chi connectivity index (χ2n) is 8.48. The van der Waals surface area contributed by atoms with E-state index in [1.54, 1.807) is 6.33 Å². The minimum absolute atomic E-state index is 0.722. The molecule has 2 aromatic heterocycles. The van der Waals surface area contributed by atoms with Crippen LogP contribution in [0.4, 0.5) is 5.82 Å². The lowest BCUT2D eigenvalue weighted by atomic mass is 10.1. The van der Waals surface area contributed by atoms with Crippen LogP contribution >= 0.6 is 12.2 Å². The summed E-state index contributed by atoms with van der Waals surface area (Å²) in [4.78, 5) is 17.3. The Hall–Kier alpha value is -2.81. The Bertz CT molecular complexity index is 1300. The number of nitrogens with one attached hydrogen (secondary N) is 2. The molecule has 0 saturated carbocycles. The van der Waals surface area contributed by atoms with Crippen LogP contribution in [0.3, 0.4) is 0 Å². The van der Waals surface area contributed by atoms with Crippen LogP contribution in [0.25, 0.3) is 21.9 Å². The van der Waals surface area contributed by atoms with Crippen molar-refractivity contribution < 1.29 is 0 Å². The molecule has 1 saturated heterocycles. The van der Waals surface area contributed by atoms with E-state index in [1.165, 1.54) is 11.1 Å².